The highest BCUT2D eigenvalue weighted by atomic mass is 16.5. The first-order valence-electron chi connectivity index (χ1n) is 11.2. The number of amides is 2. The molecular formula is C24H34N2O3. The van der Waals surface area contributed by atoms with Crippen molar-refractivity contribution in [3.63, 3.8) is 0 Å². The van der Waals surface area contributed by atoms with Crippen LogP contribution in [0.1, 0.15) is 63.0 Å². The number of rotatable bonds is 4. The van der Waals surface area contributed by atoms with Crippen LogP contribution in [0.25, 0.3) is 0 Å². The van der Waals surface area contributed by atoms with Gasteiger partial charge in [0.1, 0.15) is 0 Å². The molecule has 3 saturated heterocycles. The second-order valence-electron chi connectivity index (χ2n) is 9.40. The highest BCUT2D eigenvalue weighted by molar-refractivity contribution is 5.86. The number of carbonyl (C=O) groups excluding carboxylic acids is 2. The first kappa shape index (κ1) is 20.4. The molecule has 0 saturated carbocycles. The van der Waals surface area contributed by atoms with Crippen molar-refractivity contribution in [2.24, 2.45) is 11.3 Å². The maximum absolute atomic E-state index is 13.4. The van der Waals surface area contributed by atoms with Crippen LogP contribution in [0.3, 0.4) is 0 Å². The third-order valence-corrected chi connectivity index (χ3v) is 7.08. The normalized spacial score (nSPS) is 26.0. The number of nitrogens with zero attached hydrogens (tertiary/aromatic N) is 2. The molecule has 29 heavy (non-hydrogen) atoms. The summed E-state index contributed by atoms with van der Waals surface area (Å²) in [5.74, 6) is 1.08. The van der Waals surface area contributed by atoms with Crippen molar-refractivity contribution >= 4 is 11.8 Å². The molecule has 5 heteroatoms. The minimum atomic E-state index is -0.364. The number of likely N-dealkylation sites (tertiary alicyclic amines) is 2. The Hall–Kier alpha value is -1.88. The molecule has 3 fully saturated rings. The Balaban J connectivity index is 1.41. The second kappa shape index (κ2) is 8.47. The molecule has 3 heterocycles. The van der Waals surface area contributed by atoms with E-state index < -0.39 is 0 Å². The van der Waals surface area contributed by atoms with E-state index in [0.717, 1.165) is 45.2 Å². The van der Waals surface area contributed by atoms with Crippen molar-refractivity contribution in [2.75, 3.05) is 32.8 Å². The van der Waals surface area contributed by atoms with E-state index in [9.17, 15) is 9.59 Å². The van der Waals surface area contributed by atoms with E-state index in [4.69, 9.17) is 4.74 Å². The zero-order valence-electron chi connectivity index (χ0n) is 17.9. The molecule has 3 aliphatic rings. The fraction of sp³-hybridized carbons (Fsp3) is 0.667. The van der Waals surface area contributed by atoms with E-state index in [-0.39, 0.29) is 23.1 Å². The number of hydrogen-bond acceptors (Lipinski definition) is 3. The van der Waals surface area contributed by atoms with Gasteiger partial charge in [0.25, 0.3) is 0 Å². The quantitative estimate of drug-likeness (QED) is 0.779. The van der Waals surface area contributed by atoms with Gasteiger partial charge in [-0.25, -0.2) is 0 Å². The van der Waals surface area contributed by atoms with Gasteiger partial charge in [0.15, 0.2) is 0 Å². The zero-order valence-corrected chi connectivity index (χ0v) is 17.9. The molecular weight excluding hydrogens is 364 g/mol. The predicted molar refractivity (Wildman–Crippen MR) is 112 cm³/mol. The molecule has 5 nitrogen and oxygen atoms in total. The molecule has 0 bridgehead atoms. The van der Waals surface area contributed by atoms with Crippen LogP contribution in [0.4, 0.5) is 0 Å². The summed E-state index contributed by atoms with van der Waals surface area (Å²) in [7, 11) is 0. The first-order valence-corrected chi connectivity index (χ1v) is 11.2. The molecule has 0 aliphatic carbocycles. The van der Waals surface area contributed by atoms with Crippen LogP contribution in [0, 0.1) is 11.3 Å². The van der Waals surface area contributed by atoms with Crippen LogP contribution >= 0.6 is 0 Å². The lowest BCUT2D eigenvalue weighted by Crippen LogP contribution is -2.50. The van der Waals surface area contributed by atoms with Gasteiger partial charge >= 0.3 is 0 Å². The lowest BCUT2D eigenvalue weighted by Gasteiger charge is -2.39. The lowest BCUT2D eigenvalue weighted by atomic mass is 9.78. The van der Waals surface area contributed by atoms with E-state index in [1.807, 2.05) is 9.80 Å². The summed E-state index contributed by atoms with van der Waals surface area (Å²) < 4.78 is 5.40. The van der Waals surface area contributed by atoms with Crippen molar-refractivity contribution in [1.82, 2.24) is 9.80 Å². The van der Waals surface area contributed by atoms with E-state index >= 15 is 0 Å². The molecule has 1 aromatic rings. The summed E-state index contributed by atoms with van der Waals surface area (Å²) in [6.07, 6.45) is 4.37. The molecule has 1 atom stereocenters. The smallest absolute Gasteiger partial charge is 0.230 e. The van der Waals surface area contributed by atoms with Crippen LogP contribution in [0.2, 0.25) is 0 Å². The maximum atomic E-state index is 13.4. The Morgan fingerprint density at radius 3 is 2.55 bits per heavy atom. The SMILES string of the molecule is CC(C)c1ccc(CN2CCC[C@]3(CCN(C(=O)C4CCOCC4)C3)C2=O)cc1. The first-order chi connectivity index (χ1) is 14.0. The van der Waals surface area contributed by atoms with Crippen LogP contribution in [-0.4, -0.2) is 54.5 Å². The van der Waals surface area contributed by atoms with Crippen molar-refractivity contribution in [3.8, 4) is 0 Å². The lowest BCUT2D eigenvalue weighted by molar-refractivity contribution is -0.147. The van der Waals surface area contributed by atoms with Gasteiger partial charge in [-0.1, -0.05) is 38.1 Å². The minimum absolute atomic E-state index is 0.0770. The van der Waals surface area contributed by atoms with Crippen molar-refractivity contribution in [3.05, 3.63) is 35.4 Å². The summed E-state index contributed by atoms with van der Waals surface area (Å²) in [6, 6.07) is 8.65. The highest BCUT2D eigenvalue weighted by Gasteiger charge is 2.49. The Labute approximate surface area is 174 Å². The van der Waals surface area contributed by atoms with Crippen molar-refractivity contribution in [1.29, 1.82) is 0 Å². The minimum Gasteiger partial charge on any atom is -0.381 e. The molecule has 2 amide bonds. The van der Waals surface area contributed by atoms with Gasteiger partial charge in [0, 0.05) is 45.3 Å². The van der Waals surface area contributed by atoms with E-state index in [2.05, 4.69) is 38.1 Å². The zero-order chi connectivity index (χ0) is 20.4. The number of hydrogen-bond donors (Lipinski definition) is 0. The third-order valence-electron chi connectivity index (χ3n) is 7.08. The van der Waals surface area contributed by atoms with Gasteiger partial charge in [0.2, 0.25) is 11.8 Å². The van der Waals surface area contributed by atoms with Crippen LogP contribution in [-0.2, 0) is 20.9 Å². The summed E-state index contributed by atoms with van der Waals surface area (Å²) in [4.78, 5) is 30.4. The Morgan fingerprint density at radius 1 is 1.14 bits per heavy atom. The molecule has 0 unspecified atom stereocenters. The Kier molecular flexibility index (Phi) is 5.95. The van der Waals surface area contributed by atoms with Crippen LogP contribution < -0.4 is 0 Å². The standard InChI is InChI=1S/C24H34N2O3/c1-18(2)20-6-4-19(5-7-20)16-25-12-3-10-24(23(25)28)11-13-26(17-24)22(27)21-8-14-29-15-9-21/h4-7,18,21H,3,8-17H2,1-2H3/t24-/m1/s1. The molecule has 0 N–H and O–H groups in total. The average Bonchev–Trinajstić information content (AvgIpc) is 3.17. The monoisotopic (exact) mass is 398 g/mol. The summed E-state index contributed by atoms with van der Waals surface area (Å²) in [6.45, 7) is 8.56. The fourth-order valence-electron chi connectivity index (χ4n) is 5.17. The number of benzene rings is 1. The van der Waals surface area contributed by atoms with Gasteiger partial charge in [-0.2, -0.15) is 0 Å². The highest BCUT2D eigenvalue weighted by Crippen LogP contribution is 2.41. The maximum Gasteiger partial charge on any atom is 0.230 e. The molecule has 4 rings (SSSR count). The number of piperidine rings is 1. The van der Waals surface area contributed by atoms with E-state index in [0.29, 0.717) is 32.2 Å². The van der Waals surface area contributed by atoms with E-state index in [1.165, 1.54) is 11.1 Å². The van der Waals surface area contributed by atoms with Gasteiger partial charge in [-0.15, -0.1) is 0 Å². The van der Waals surface area contributed by atoms with Crippen molar-refractivity contribution < 1.29 is 14.3 Å². The topological polar surface area (TPSA) is 49.9 Å². The molecule has 1 spiro atoms. The van der Waals surface area contributed by atoms with Gasteiger partial charge < -0.3 is 14.5 Å². The largest absolute Gasteiger partial charge is 0.381 e. The summed E-state index contributed by atoms with van der Waals surface area (Å²) >= 11 is 0. The van der Waals surface area contributed by atoms with Gasteiger partial charge in [-0.3, -0.25) is 9.59 Å². The molecule has 0 aromatic heterocycles. The second-order valence-corrected chi connectivity index (χ2v) is 9.40. The molecule has 1 aromatic carbocycles. The Morgan fingerprint density at radius 2 is 1.86 bits per heavy atom. The van der Waals surface area contributed by atoms with Crippen molar-refractivity contribution in [2.45, 2.75) is 58.4 Å². The number of carbonyl (C=O) groups is 2. The van der Waals surface area contributed by atoms with Gasteiger partial charge in [0.05, 0.1) is 5.41 Å². The predicted octanol–water partition coefficient (Wildman–Crippen LogP) is 3.58. The molecule has 3 aliphatic heterocycles. The van der Waals surface area contributed by atoms with Crippen LogP contribution in [0.15, 0.2) is 24.3 Å². The Bertz CT molecular complexity index is 739. The molecule has 158 valence electrons. The summed E-state index contributed by atoms with van der Waals surface area (Å²) in [5, 5.41) is 0. The van der Waals surface area contributed by atoms with Crippen LogP contribution in [0.5, 0.6) is 0 Å². The summed E-state index contributed by atoms with van der Waals surface area (Å²) in [5.41, 5.74) is 2.15. The number of ether oxygens (including phenoxy) is 1. The van der Waals surface area contributed by atoms with Gasteiger partial charge in [-0.05, 0) is 49.1 Å². The third kappa shape index (κ3) is 4.20. The van der Waals surface area contributed by atoms with E-state index in [1.54, 1.807) is 0 Å². The molecule has 0 radical (unpaired) electrons. The fourth-order valence-corrected chi connectivity index (χ4v) is 5.17. The average molecular weight is 399 g/mol.